The van der Waals surface area contributed by atoms with Gasteiger partial charge in [0.2, 0.25) is 10.0 Å². The van der Waals surface area contributed by atoms with E-state index in [4.69, 9.17) is 4.74 Å². The maximum absolute atomic E-state index is 12.6. The average molecular weight is 391 g/mol. The minimum atomic E-state index is -4.63. The van der Waals surface area contributed by atoms with Crippen molar-refractivity contribution >= 4 is 10.0 Å². The molecule has 2 aromatic heterocycles. The van der Waals surface area contributed by atoms with Crippen LogP contribution >= 0.6 is 0 Å². The van der Waals surface area contributed by atoms with Gasteiger partial charge in [-0.2, -0.15) is 18.3 Å². The van der Waals surface area contributed by atoms with Crippen LogP contribution in [0.5, 0.6) is 0 Å². The molecule has 1 aliphatic heterocycles. The van der Waals surface area contributed by atoms with Crippen LogP contribution in [0, 0.1) is 0 Å². The zero-order valence-corrected chi connectivity index (χ0v) is 14.5. The number of rotatable bonds is 5. The van der Waals surface area contributed by atoms with Gasteiger partial charge in [-0.15, -0.1) is 0 Å². The minimum Gasteiger partial charge on any atom is -0.377 e. The highest BCUT2D eigenvalue weighted by atomic mass is 32.2. The number of fused-ring (bicyclic) bond motifs is 1. The van der Waals surface area contributed by atoms with Crippen LogP contribution in [0.2, 0.25) is 0 Å². The molecule has 1 N–H and O–H groups in total. The molecule has 142 valence electrons. The number of methoxy groups -OCH3 is 1. The summed E-state index contributed by atoms with van der Waals surface area (Å²) in [5.41, 5.74) is -1.15. The van der Waals surface area contributed by atoms with Gasteiger partial charge < -0.3 is 4.74 Å². The lowest BCUT2D eigenvalue weighted by molar-refractivity contribution is -0.141. The van der Waals surface area contributed by atoms with Gasteiger partial charge in [0.25, 0.3) is 0 Å². The molecule has 0 amide bonds. The van der Waals surface area contributed by atoms with Crippen molar-refractivity contribution in [3.05, 3.63) is 35.7 Å². The van der Waals surface area contributed by atoms with Crippen LogP contribution in [0.15, 0.2) is 23.2 Å². The number of nitrogens with zero attached hydrogens (tertiary/aromatic N) is 4. The highest BCUT2D eigenvalue weighted by Crippen LogP contribution is 2.29. The van der Waals surface area contributed by atoms with Crippen molar-refractivity contribution < 1.29 is 26.3 Å². The first-order valence-electron chi connectivity index (χ1n) is 7.69. The number of nitrogens with one attached hydrogen (secondary N) is 1. The molecule has 0 fully saturated rings. The summed E-state index contributed by atoms with van der Waals surface area (Å²) in [6, 6.07) is 0.880. The van der Waals surface area contributed by atoms with E-state index in [0.29, 0.717) is 43.3 Å². The third-order valence-electron chi connectivity index (χ3n) is 3.83. The molecule has 2 aromatic rings. The van der Waals surface area contributed by atoms with Crippen LogP contribution in [-0.2, 0) is 34.1 Å². The van der Waals surface area contributed by atoms with Gasteiger partial charge in [-0.25, -0.2) is 22.8 Å². The van der Waals surface area contributed by atoms with Gasteiger partial charge in [0.05, 0.1) is 6.04 Å². The Bertz CT molecular complexity index is 880. The fourth-order valence-electron chi connectivity index (χ4n) is 2.66. The lowest BCUT2D eigenvalue weighted by Gasteiger charge is -2.22. The van der Waals surface area contributed by atoms with Gasteiger partial charge in [0, 0.05) is 19.9 Å². The number of aromatic nitrogens is 4. The molecule has 0 spiro atoms. The number of halogens is 3. The Hall–Kier alpha value is -2.05. The molecule has 1 atom stereocenters. The number of hydrogen-bond acceptors (Lipinski definition) is 6. The molecule has 12 heteroatoms. The van der Waals surface area contributed by atoms with Crippen molar-refractivity contribution in [3.8, 4) is 0 Å². The summed E-state index contributed by atoms with van der Waals surface area (Å²) in [7, 11) is -2.56. The molecule has 0 radical (unpaired) electrons. The molecule has 1 aliphatic rings. The smallest absolute Gasteiger partial charge is 0.377 e. The summed E-state index contributed by atoms with van der Waals surface area (Å²) in [5.74, 6) is 0.886. The highest BCUT2D eigenvalue weighted by Gasteiger charge is 2.33. The molecule has 0 unspecified atom stereocenters. The number of alkyl halides is 3. The summed E-state index contributed by atoms with van der Waals surface area (Å²) in [5, 5.41) is 4.24. The number of ether oxygens (including phenoxy) is 1. The Kier molecular flexibility index (Phi) is 4.99. The zero-order valence-electron chi connectivity index (χ0n) is 13.7. The predicted molar refractivity (Wildman–Crippen MR) is 82.3 cm³/mol. The second-order valence-electron chi connectivity index (χ2n) is 5.74. The normalized spacial score (nSPS) is 17.9. The molecule has 0 saturated carbocycles. The van der Waals surface area contributed by atoms with E-state index in [1.165, 1.54) is 7.11 Å². The number of hydrogen-bond donors (Lipinski definition) is 1. The number of pyridine rings is 1. The van der Waals surface area contributed by atoms with E-state index in [1.54, 1.807) is 4.68 Å². The van der Waals surface area contributed by atoms with Gasteiger partial charge in [0.15, 0.2) is 5.82 Å². The highest BCUT2D eigenvalue weighted by molar-refractivity contribution is 7.89. The third-order valence-corrected chi connectivity index (χ3v) is 5.28. The second-order valence-corrected chi connectivity index (χ2v) is 7.45. The van der Waals surface area contributed by atoms with E-state index in [9.17, 15) is 21.6 Å². The number of sulfonamides is 1. The van der Waals surface area contributed by atoms with Crippen molar-refractivity contribution in [2.45, 2.75) is 43.1 Å². The Morgan fingerprint density at radius 3 is 2.77 bits per heavy atom. The van der Waals surface area contributed by atoms with E-state index in [2.05, 4.69) is 19.8 Å². The predicted octanol–water partition coefficient (Wildman–Crippen LogP) is 1.65. The quantitative estimate of drug-likeness (QED) is 0.832. The Balaban J connectivity index is 1.82. The second kappa shape index (κ2) is 6.93. The van der Waals surface area contributed by atoms with E-state index >= 15 is 0 Å². The lowest BCUT2D eigenvalue weighted by Crippen LogP contribution is -2.33. The Morgan fingerprint density at radius 1 is 1.38 bits per heavy atom. The Morgan fingerprint density at radius 2 is 2.15 bits per heavy atom. The van der Waals surface area contributed by atoms with Crippen molar-refractivity contribution in [3.63, 3.8) is 0 Å². The first-order valence-corrected chi connectivity index (χ1v) is 9.17. The molecule has 0 saturated heterocycles. The van der Waals surface area contributed by atoms with Crippen molar-refractivity contribution in [1.29, 1.82) is 0 Å². The number of aryl methyl sites for hydroxylation is 1. The van der Waals surface area contributed by atoms with Crippen LogP contribution in [0.3, 0.4) is 0 Å². The average Bonchev–Trinajstić information content (AvgIpc) is 2.98. The summed E-state index contributed by atoms with van der Waals surface area (Å²) in [4.78, 5) is 7.12. The van der Waals surface area contributed by atoms with Gasteiger partial charge >= 0.3 is 6.18 Å². The monoisotopic (exact) mass is 391 g/mol. The molecule has 26 heavy (non-hydrogen) atoms. The van der Waals surface area contributed by atoms with Gasteiger partial charge in [-0.05, 0) is 25.0 Å². The SMILES string of the molecule is COCc1nc2n(n1)CCC[C@H]2NS(=O)(=O)c1ccc(C(F)(F)F)nc1. The summed E-state index contributed by atoms with van der Waals surface area (Å²) in [6.45, 7) is 0.800. The topological polar surface area (TPSA) is 99.0 Å². The summed E-state index contributed by atoms with van der Waals surface area (Å²) < 4.78 is 71.7. The standard InChI is InChI=1S/C14H16F3N5O3S/c1-25-8-12-19-13-10(3-2-6-22(13)20-12)21-26(23,24)9-4-5-11(18-7-9)14(15,16)17/h4-5,7,10,21H,2-3,6,8H2,1H3/t10-/m1/s1. The van der Waals surface area contributed by atoms with E-state index in [0.717, 1.165) is 6.07 Å². The van der Waals surface area contributed by atoms with Crippen LogP contribution < -0.4 is 4.72 Å². The molecule has 0 aliphatic carbocycles. The molecule has 0 bridgehead atoms. The van der Waals surface area contributed by atoms with Crippen LogP contribution in [0.1, 0.15) is 36.2 Å². The fourth-order valence-corrected chi connectivity index (χ4v) is 3.84. The molecule has 0 aromatic carbocycles. The molecular formula is C14H16F3N5O3S. The molecular weight excluding hydrogens is 375 g/mol. The summed E-state index contributed by atoms with van der Waals surface area (Å²) in [6.07, 6.45) is -2.76. The maximum Gasteiger partial charge on any atom is 0.433 e. The minimum absolute atomic E-state index is 0.197. The fraction of sp³-hybridized carbons (Fsp3) is 0.500. The first-order chi connectivity index (χ1) is 12.2. The molecule has 3 rings (SSSR count). The van der Waals surface area contributed by atoms with Crippen molar-refractivity contribution in [2.24, 2.45) is 0 Å². The molecule has 8 nitrogen and oxygen atoms in total. The van der Waals surface area contributed by atoms with Gasteiger partial charge in [0.1, 0.15) is 23.0 Å². The largest absolute Gasteiger partial charge is 0.433 e. The van der Waals surface area contributed by atoms with E-state index in [-0.39, 0.29) is 11.5 Å². The van der Waals surface area contributed by atoms with Crippen LogP contribution in [0.4, 0.5) is 13.2 Å². The van der Waals surface area contributed by atoms with Gasteiger partial charge in [-0.1, -0.05) is 0 Å². The van der Waals surface area contributed by atoms with Gasteiger partial charge in [-0.3, -0.25) is 4.98 Å². The van der Waals surface area contributed by atoms with E-state index in [1.807, 2.05) is 0 Å². The van der Waals surface area contributed by atoms with Crippen LogP contribution in [0.25, 0.3) is 0 Å². The van der Waals surface area contributed by atoms with Crippen molar-refractivity contribution in [1.82, 2.24) is 24.5 Å². The van der Waals surface area contributed by atoms with Crippen molar-refractivity contribution in [2.75, 3.05) is 7.11 Å². The van der Waals surface area contributed by atoms with Crippen LogP contribution in [-0.4, -0.2) is 35.3 Å². The maximum atomic E-state index is 12.6. The zero-order chi connectivity index (χ0) is 18.9. The third kappa shape index (κ3) is 3.86. The molecule has 3 heterocycles. The summed E-state index contributed by atoms with van der Waals surface area (Å²) >= 11 is 0. The lowest BCUT2D eigenvalue weighted by atomic mass is 10.1. The Labute approximate surface area is 147 Å². The first kappa shape index (κ1) is 18.7. The van der Waals surface area contributed by atoms with E-state index < -0.39 is 27.9 Å².